The molecule has 0 radical (unpaired) electrons. The average Bonchev–Trinajstić information content (AvgIpc) is 2.67. The molecule has 142 valence electrons. The summed E-state index contributed by atoms with van der Waals surface area (Å²) in [6.45, 7) is 6.55. The minimum Gasteiger partial charge on any atom is -0.508 e. The fraction of sp³-hybridized carbons (Fsp3) is 0.435. The molecule has 3 atom stereocenters. The minimum atomic E-state index is 0.0635. The Bertz CT molecular complexity index is 836. The second-order valence-electron chi connectivity index (χ2n) is 8.30. The number of carbonyl (C=O) groups is 1. The van der Waals surface area contributed by atoms with Crippen molar-refractivity contribution in [3.8, 4) is 5.75 Å². The van der Waals surface area contributed by atoms with E-state index >= 15 is 0 Å². The summed E-state index contributed by atoms with van der Waals surface area (Å²) in [5.74, 6) is 0.886. The molecule has 2 bridgehead atoms. The van der Waals surface area contributed by atoms with Crippen molar-refractivity contribution in [2.45, 2.75) is 44.7 Å². The van der Waals surface area contributed by atoms with E-state index in [4.69, 9.17) is 0 Å². The predicted molar refractivity (Wildman–Crippen MR) is 107 cm³/mol. The van der Waals surface area contributed by atoms with E-state index in [9.17, 15) is 9.90 Å². The van der Waals surface area contributed by atoms with Gasteiger partial charge in [-0.2, -0.15) is 0 Å². The van der Waals surface area contributed by atoms with Crippen molar-refractivity contribution in [1.29, 1.82) is 0 Å². The maximum atomic E-state index is 12.5. The van der Waals surface area contributed by atoms with Crippen LogP contribution in [0.25, 0.3) is 0 Å². The van der Waals surface area contributed by atoms with E-state index in [-0.39, 0.29) is 11.3 Å². The molecule has 1 aliphatic heterocycles. The highest BCUT2D eigenvalue weighted by Crippen LogP contribution is 2.49. The van der Waals surface area contributed by atoms with E-state index < -0.39 is 0 Å². The van der Waals surface area contributed by atoms with Gasteiger partial charge in [-0.05, 0) is 59.5 Å². The van der Waals surface area contributed by atoms with Gasteiger partial charge in [-0.3, -0.25) is 9.69 Å². The van der Waals surface area contributed by atoms with Gasteiger partial charge < -0.3 is 10.4 Å². The number of hydrogen-bond acceptors (Lipinski definition) is 3. The van der Waals surface area contributed by atoms with Crippen molar-refractivity contribution >= 4 is 5.91 Å². The van der Waals surface area contributed by atoms with E-state index in [1.807, 2.05) is 36.4 Å². The van der Waals surface area contributed by atoms with Gasteiger partial charge in [0.25, 0.3) is 0 Å². The first-order valence-corrected chi connectivity index (χ1v) is 9.84. The summed E-state index contributed by atoms with van der Waals surface area (Å²) in [4.78, 5) is 14.9. The molecule has 1 fully saturated rings. The van der Waals surface area contributed by atoms with Crippen LogP contribution in [0.4, 0.5) is 0 Å². The van der Waals surface area contributed by atoms with Gasteiger partial charge in [0.05, 0.1) is 6.54 Å². The highest BCUT2D eigenvalue weighted by atomic mass is 16.3. The van der Waals surface area contributed by atoms with Crippen LogP contribution in [0.5, 0.6) is 5.75 Å². The number of likely N-dealkylation sites (tertiary alicyclic amines) is 1. The lowest BCUT2D eigenvalue weighted by atomic mass is 9.59. The second kappa shape index (κ2) is 7.01. The highest BCUT2D eigenvalue weighted by Gasteiger charge is 2.48. The number of nitrogens with zero attached hydrogens (tertiary/aromatic N) is 1. The third kappa shape index (κ3) is 3.34. The Morgan fingerprint density at radius 1 is 1.26 bits per heavy atom. The van der Waals surface area contributed by atoms with Crippen LogP contribution in [0.2, 0.25) is 0 Å². The zero-order chi connectivity index (χ0) is 19.0. The molecule has 1 heterocycles. The summed E-state index contributed by atoms with van der Waals surface area (Å²) < 4.78 is 0. The van der Waals surface area contributed by atoms with Gasteiger partial charge in [0, 0.05) is 12.6 Å². The number of carbonyl (C=O) groups excluding carboxylic acids is 1. The van der Waals surface area contributed by atoms with Gasteiger partial charge in [-0.1, -0.05) is 50.2 Å². The SMILES string of the molecule is C[C@@H]1[C@@H]2Cc3ccc(O)cc3[C@]1(C)CCN2CC(=O)NCc1ccccc1. The molecule has 1 aliphatic carbocycles. The molecule has 0 saturated carbocycles. The fourth-order valence-electron chi connectivity index (χ4n) is 4.93. The smallest absolute Gasteiger partial charge is 0.234 e. The van der Waals surface area contributed by atoms with E-state index in [1.165, 1.54) is 11.1 Å². The van der Waals surface area contributed by atoms with Crippen LogP contribution >= 0.6 is 0 Å². The van der Waals surface area contributed by atoms with E-state index in [0.29, 0.717) is 30.8 Å². The van der Waals surface area contributed by atoms with Gasteiger partial charge in [0.15, 0.2) is 0 Å². The normalized spacial score (nSPS) is 27.0. The molecule has 2 aromatic rings. The summed E-state index contributed by atoms with van der Waals surface area (Å²) in [6, 6.07) is 16.2. The molecule has 2 aliphatic rings. The number of aromatic hydroxyl groups is 1. The van der Waals surface area contributed by atoms with Crippen molar-refractivity contribution in [1.82, 2.24) is 10.2 Å². The third-order valence-electron chi connectivity index (χ3n) is 6.79. The Morgan fingerprint density at radius 3 is 2.81 bits per heavy atom. The molecule has 27 heavy (non-hydrogen) atoms. The molecule has 1 saturated heterocycles. The summed E-state index contributed by atoms with van der Waals surface area (Å²) in [6.07, 6.45) is 1.95. The lowest BCUT2D eigenvalue weighted by molar-refractivity contribution is -0.124. The van der Waals surface area contributed by atoms with Crippen molar-refractivity contribution in [3.63, 3.8) is 0 Å². The summed E-state index contributed by atoms with van der Waals surface area (Å²) >= 11 is 0. The van der Waals surface area contributed by atoms with Crippen molar-refractivity contribution in [3.05, 3.63) is 65.2 Å². The largest absolute Gasteiger partial charge is 0.508 e. The lowest BCUT2D eigenvalue weighted by Crippen LogP contribution is -2.59. The van der Waals surface area contributed by atoms with Crippen molar-refractivity contribution < 1.29 is 9.90 Å². The van der Waals surface area contributed by atoms with E-state index in [0.717, 1.165) is 24.9 Å². The zero-order valence-corrected chi connectivity index (χ0v) is 16.1. The van der Waals surface area contributed by atoms with Crippen LogP contribution in [0.15, 0.2) is 48.5 Å². The lowest BCUT2D eigenvalue weighted by Gasteiger charge is -2.54. The molecule has 4 nitrogen and oxygen atoms in total. The Kier molecular flexibility index (Phi) is 4.68. The van der Waals surface area contributed by atoms with Gasteiger partial charge in [0.2, 0.25) is 5.91 Å². The molecular weight excluding hydrogens is 336 g/mol. The Balaban J connectivity index is 1.46. The summed E-state index contributed by atoms with van der Waals surface area (Å²) in [5.41, 5.74) is 3.79. The third-order valence-corrected chi connectivity index (χ3v) is 6.79. The first-order chi connectivity index (χ1) is 13.0. The van der Waals surface area contributed by atoms with Crippen LogP contribution in [0.1, 0.15) is 37.0 Å². The molecule has 2 N–H and O–H groups in total. The Labute approximate surface area is 161 Å². The van der Waals surface area contributed by atoms with Crippen LogP contribution in [-0.2, 0) is 23.2 Å². The number of phenolic OH excluding ortho intramolecular Hbond substituents is 1. The molecule has 2 aromatic carbocycles. The van der Waals surface area contributed by atoms with E-state index in [2.05, 4.69) is 30.1 Å². The number of hydrogen-bond donors (Lipinski definition) is 2. The average molecular weight is 364 g/mol. The van der Waals surface area contributed by atoms with E-state index in [1.54, 1.807) is 6.07 Å². The van der Waals surface area contributed by atoms with Crippen LogP contribution in [0.3, 0.4) is 0 Å². The van der Waals surface area contributed by atoms with Crippen LogP contribution in [0, 0.1) is 5.92 Å². The number of nitrogens with one attached hydrogen (secondary N) is 1. The van der Waals surface area contributed by atoms with Gasteiger partial charge in [-0.15, -0.1) is 0 Å². The first kappa shape index (κ1) is 18.1. The maximum absolute atomic E-state index is 12.5. The Morgan fingerprint density at radius 2 is 2.04 bits per heavy atom. The second-order valence-corrected chi connectivity index (χ2v) is 8.30. The van der Waals surface area contributed by atoms with Gasteiger partial charge in [-0.25, -0.2) is 0 Å². The number of benzene rings is 2. The quantitative estimate of drug-likeness (QED) is 0.876. The molecule has 0 unspecified atom stereocenters. The molecule has 1 amide bonds. The highest BCUT2D eigenvalue weighted by molar-refractivity contribution is 5.78. The maximum Gasteiger partial charge on any atom is 0.234 e. The topological polar surface area (TPSA) is 52.6 Å². The van der Waals surface area contributed by atoms with Gasteiger partial charge in [0.1, 0.15) is 5.75 Å². The number of fused-ring (bicyclic) bond motifs is 4. The number of rotatable bonds is 4. The van der Waals surface area contributed by atoms with Crippen molar-refractivity contribution in [2.24, 2.45) is 5.92 Å². The van der Waals surface area contributed by atoms with Crippen LogP contribution < -0.4 is 5.32 Å². The number of phenols is 1. The molecule has 0 aromatic heterocycles. The number of piperidine rings is 1. The zero-order valence-electron chi connectivity index (χ0n) is 16.1. The number of amides is 1. The Hall–Kier alpha value is -2.33. The molecule has 4 heteroatoms. The van der Waals surface area contributed by atoms with Crippen LogP contribution in [-0.4, -0.2) is 35.0 Å². The standard InChI is InChI=1S/C23H28N2O2/c1-16-21-12-18-8-9-19(26)13-20(18)23(16,2)10-11-25(21)15-22(27)24-14-17-6-4-3-5-7-17/h3-9,13,16,21,26H,10-12,14-15H2,1-2H3,(H,24,27)/t16-,21+,23-/m1/s1. The van der Waals surface area contributed by atoms with Gasteiger partial charge >= 0.3 is 0 Å². The summed E-state index contributed by atoms with van der Waals surface area (Å²) in [7, 11) is 0. The first-order valence-electron chi connectivity index (χ1n) is 9.84. The summed E-state index contributed by atoms with van der Waals surface area (Å²) in [5, 5.41) is 13.0. The fourth-order valence-corrected chi connectivity index (χ4v) is 4.93. The minimum absolute atomic E-state index is 0.0635. The van der Waals surface area contributed by atoms with Crippen molar-refractivity contribution in [2.75, 3.05) is 13.1 Å². The molecule has 0 spiro atoms. The molecule has 4 rings (SSSR count). The predicted octanol–water partition coefficient (Wildman–Crippen LogP) is 3.23. The monoisotopic (exact) mass is 364 g/mol. The molecular formula is C23H28N2O2.